The average molecular weight is 736 g/mol. The molecule has 1 unspecified atom stereocenters. The largest absolute Gasteiger partial charge is 0.453 e. The average Bonchev–Trinajstić information content (AvgIpc) is 4.06. The summed E-state index contributed by atoms with van der Waals surface area (Å²) < 4.78 is 9.40. The van der Waals surface area contributed by atoms with Gasteiger partial charge in [-0.05, 0) is 81.9 Å². The van der Waals surface area contributed by atoms with E-state index in [-0.39, 0.29) is 36.0 Å². The van der Waals surface area contributed by atoms with E-state index in [0.29, 0.717) is 11.8 Å². The molecule has 2 saturated carbocycles. The van der Waals surface area contributed by atoms with Crippen molar-refractivity contribution in [2.75, 3.05) is 14.2 Å². The molecule has 15 nitrogen and oxygen atoms in total. The molecule has 54 heavy (non-hydrogen) atoms. The van der Waals surface area contributed by atoms with Crippen LogP contribution in [0.4, 0.5) is 9.59 Å². The van der Waals surface area contributed by atoms with Crippen LogP contribution >= 0.6 is 0 Å². The van der Waals surface area contributed by atoms with E-state index in [1.807, 2.05) is 58.6 Å². The SMILES string of the molecule is COC(=O)NC(C)C(=O)N1[C@@H]2CC[C@@H](C2)[C@H]1c1ncc(-c2ccc(-c3ccc(-c4cnc([C@@H]5[C@H]6CC[C@H](C6)N5C(=O)[C@H](C)NC(=O)OC)[nH]4)cc3)nc2)[nH]1. The van der Waals surface area contributed by atoms with Crippen LogP contribution in [0, 0.1) is 11.8 Å². The Hall–Kier alpha value is -5.73. The maximum absolute atomic E-state index is 13.5. The standard InChI is InChI=1S/C39H45N9O6/c1-20(43-38(51)53-3)36(49)47-27-12-9-24(15-27)32(47)34-41-18-30(45-34)23-7-5-22(6-8-23)29-14-11-26(17-40-29)31-19-42-35(46-31)33-25-10-13-28(16-25)48(33)37(50)21(2)44-39(52)54-4/h5-8,11,14,17-21,24-25,27-28,32-33H,9-10,12-13,15-16H2,1-4H3,(H,41,45)(H,42,46)(H,43,51)(H,44,52)/t20-,21?,24-,25-,27+,28+,32-,33-/m0/s1. The number of nitrogens with zero attached hydrogens (tertiary/aromatic N) is 5. The summed E-state index contributed by atoms with van der Waals surface area (Å²) in [4.78, 5) is 75.4. The van der Waals surface area contributed by atoms with Gasteiger partial charge in [-0.25, -0.2) is 19.6 Å². The number of aromatic nitrogens is 5. The first-order chi connectivity index (χ1) is 26.1. The van der Waals surface area contributed by atoms with Crippen molar-refractivity contribution in [2.45, 2.75) is 88.6 Å². The van der Waals surface area contributed by atoms with Crippen molar-refractivity contribution in [3.8, 4) is 33.8 Å². The lowest BCUT2D eigenvalue weighted by Crippen LogP contribution is -2.50. The molecule has 4 N–H and O–H groups in total. The van der Waals surface area contributed by atoms with Gasteiger partial charge in [0.1, 0.15) is 23.7 Å². The number of amides is 4. The minimum absolute atomic E-state index is 0.126. The van der Waals surface area contributed by atoms with Crippen molar-refractivity contribution in [3.63, 3.8) is 0 Å². The highest BCUT2D eigenvalue weighted by molar-refractivity contribution is 5.87. The number of nitrogens with one attached hydrogen (secondary N) is 4. The van der Waals surface area contributed by atoms with Crippen LogP contribution in [0.5, 0.6) is 0 Å². The fraction of sp³-hybridized carbons (Fsp3) is 0.462. The third kappa shape index (κ3) is 6.34. The van der Waals surface area contributed by atoms with E-state index < -0.39 is 24.3 Å². The molecule has 8 atom stereocenters. The number of methoxy groups -OCH3 is 2. The van der Waals surface area contributed by atoms with Gasteiger partial charge in [0.2, 0.25) is 11.8 Å². The Morgan fingerprint density at radius 2 is 1.11 bits per heavy atom. The van der Waals surface area contributed by atoms with Crippen LogP contribution in [0.25, 0.3) is 33.8 Å². The number of H-pyrrole nitrogens is 2. The van der Waals surface area contributed by atoms with Crippen molar-refractivity contribution in [1.82, 2.24) is 45.4 Å². The second kappa shape index (κ2) is 14.3. The summed E-state index contributed by atoms with van der Waals surface area (Å²) in [6.45, 7) is 3.36. The molecule has 2 saturated heterocycles. The lowest BCUT2D eigenvalue weighted by atomic mass is 9.97. The molecule has 2 aliphatic heterocycles. The van der Waals surface area contributed by atoms with E-state index in [4.69, 9.17) is 24.4 Å². The normalized spacial score (nSPS) is 25.0. The van der Waals surface area contributed by atoms with Crippen molar-refractivity contribution in [3.05, 3.63) is 66.6 Å². The molecule has 1 aromatic carbocycles. The van der Waals surface area contributed by atoms with Gasteiger partial charge in [0.25, 0.3) is 0 Å². The molecule has 3 aromatic heterocycles. The number of likely N-dealkylation sites (tertiary alicyclic amines) is 2. The number of hydrogen-bond acceptors (Lipinski definition) is 9. The monoisotopic (exact) mass is 735 g/mol. The summed E-state index contributed by atoms with van der Waals surface area (Å²) in [5.74, 6) is 1.84. The maximum Gasteiger partial charge on any atom is 0.407 e. The first kappa shape index (κ1) is 35.3. The van der Waals surface area contributed by atoms with Gasteiger partial charge in [-0.1, -0.05) is 24.3 Å². The number of hydrogen-bond donors (Lipinski definition) is 4. The molecule has 15 heteroatoms. The van der Waals surface area contributed by atoms with Crippen molar-refractivity contribution in [2.24, 2.45) is 11.8 Å². The molecular formula is C39H45N9O6. The fourth-order valence-electron chi connectivity index (χ4n) is 9.17. The Labute approximate surface area is 312 Å². The van der Waals surface area contributed by atoms with Crippen LogP contribution in [0.1, 0.15) is 76.1 Å². The third-order valence-electron chi connectivity index (χ3n) is 11.8. The molecule has 4 aromatic rings. The third-order valence-corrected chi connectivity index (χ3v) is 11.8. The van der Waals surface area contributed by atoms with Crippen LogP contribution < -0.4 is 10.6 Å². The van der Waals surface area contributed by atoms with Crippen LogP contribution in [-0.2, 0) is 19.1 Å². The highest BCUT2D eigenvalue weighted by Crippen LogP contribution is 2.51. The van der Waals surface area contributed by atoms with Gasteiger partial charge in [-0.2, -0.15) is 0 Å². The predicted molar refractivity (Wildman–Crippen MR) is 196 cm³/mol. The van der Waals surface area contributed by atoms with Gasteiger partial charge >= 0.3 is 12.2 Å². The van der Waals surface area contributed by atoms with Gasteiger partial charge in [0.05, 0.1) is 55.8 Å². The number of ether oxygens (including phenoxy) is 2. The number of rotatable bonds is 9. The summed E-state index contributed by atoms with van der Waals surface area (Å²) in [6.07, 6.45) is 9.97. The Morgan fingerprint density at radius 1 is 0.648 bits per heavy atom. The summed E-state index contributed by atoms with van der Waals surface area (Å²) >= 11 is 0. The van der Waals surface area contributed by atoms with E-state index in [9.17, 15) is 19.2 Å². The van der Waals surface area contributed by atoms with Gasteiger partial charge in [-0.3, -0.25) is 14.6 Å². The summed E-state index contributed by atoms with van der Waals surface area (Å²) in [7, 11) is 2.56. The first-order valence-electron chi connectivity index (χ1n) is 18.6. The summed E-state index contributed by atoms with van der Waals surface area (Å²) in [5, 5.41) is 5.22. The lowest BCUT2D eigenvalue weighted by Gasteiger charge is -2.36. The molecular weight excluding hydrogens is 690 g/mol. The maximum atomic E-state index is 13.5. The number of benzene rings is 1. The number of fused-ring (bicyclic) bond motifs is 4. The highest BCUT2D eigenvalue weighted by atomic mass is 16.5. The van der Waals surface area contributed by atoms with E-state index in [1.54, 1.807) is 20.0 Å². The quantitative estimate of drug-likeness (QED) is 0.181. The van der Waals surface area contributed by atoms with Gasteiger partial charge < -0.3 is 39.9 Å². The number of carbonyl (C=O) groups is 4. The zero-order valence-electron chi connectivity index (χ0n) is 30.7. The zero-order chi connectivity index (χ0) is 37.7. The van der Waals surface area contributed by atoms with E-state index in [0.717, 1.165) is 83.9 Å². The number of carbonyl (C=O) groups excluding carboxylic acids is 4. The number of aromatic amines is 2. The molecule has 8 rings (SSSR count). The molecule has 0 spiro atoms. The fourth-order valence-corrected chi connectivity index (χ4v) is 9.17. The number of piperidine rings is 2. The number of imidazole rings is 2. The molecule has 4 fully saturated rings. The molecule has 4 aliphatic rings. The first-order valence-corrected chi connectivity index (χ1v) is 18.6. The Balaban J connectivity index is 0.941. The molecule has 5 heterocycles. The van der Waals surface area contributed by atoms with Crippen LogP contribution in [0.15, 0.2) is 55.0 Å². The Kier molecular flexibility index (Phi) is 9.32. The smallest absolute Gasteiger partial charge is 0.407 e. The number of pyridine rings is 1. The predicted octanol–water partition coefficient (Wildman–Crippen LogP) is 5.12. The number of alkyl carbamates (subject to hydrolysis) is 2. The topological polar surface area (TPSA) is 188 Å². The Morgan fingerprint density at radius 3 is 1.57 bits per heavy atom. The minimum atomic E-state index is -0.709. The van der Waals surface area contributed by atoms with Crippen LogP contribution in [0.2, 0.25) is 0 Å². The Bertz CT molecular complexity index is 1900. The second-order valence-electron chi connectivity index (χ2n) is 14.9. The minimum Gasteiger partial charge on any atom is -0.453 e. The van der Waals surface area contributed by atoms with Gasteiger partial charge in [0, 0.05) is 29.4 Å². The summed E-state index contributed by atoms with van der Waals surface area (Å²) in [6, 6.07) is 10.6. The summed E-state index contributed by atoms with van der Waals surface area (Å²) in [5.41, 5.74) is 5.29. The van der Waals surface area contributed by atoms with E-state index >= 15 is 0 Å². The van der Waals surface area contributed by atoms with Gasteiger partial charge in [0.15, 0.2) is 0 Å². The molecule has 4 amide bonds. The zero-order valence-corrected chi connectivity index (χ0v) is 30.7. The lowest BCUT2D eigenvalue weighted by molar-refractivity contribution is -0.138. The van der Waals surface area contributed by atoms with Crippen molar-refractivity contribution < 1.29 is 28.7 Å². The van der Waals surface area contributed by atoms with Gasteiger partial charge in [-0.15, -0.1) is 0 Å². The van der Waals surface area contributed by atoms with Crippen molar-refractivity contribution in [1.29, 1.82) is 0 Å². The molecule has 4 bridgehead atoms. The second-order valence-corrected chi connectivity index (χ2v) is 14.9. The van der Waals surface area contributed by atoms with E-state index in [1.165, 1.54) is 14.2 Å². The molecule has 2 aliphatic carbocycles. The van der Waals surface area contributed by atoms with Crippen LogP contribution in [0.3, 0.4) is 0 Å². The molecule has 0 radical (unpaired) electrons. The molecule has 282 valence electrons. The highest BCUT2D eigenvalue weighted by Gasteiger charge is 2.52. The van der Waals surface area contributed by atoms with Crippen molar-refractivity contribution >= 4 is 24.0 Å². The van der Waals surface area contributed by atoms with E-state index in [2.05, 4.69) is 20.6 Å². The van der Waals surface area contributed by atoms with Crippen LogP contribution in [-0.4, -0.2) is 97.1 Å².